The smallest absolute Gasteiger partial charge is 0.227 e. The highest BCUT2D eigenvalue weighted by Gasteiger charge is 2.21. The standard InChI is InChI=1S/C18H25N7/c1-2-15-13-17(21-14-20-15)24-9-11-25(12-10-24)18-19-6-5-16(22-18)23-7-3-4-8-23/h5-6,13-14H,2-4,7-12H2,1H3. The zero-order valence-corrected chi connectivity index (χ0v) is 14.8. The molecule has 0 saturated carbocycles. The quantitative estimate of drug-likeness (QED) is 0.841. The van der Waals surface area contributed by atoms with Gasteiger partial charge in [-0.15, -0.1) is 0 Å². The molecule has 2 aliphatic rings. The van der Waals surface area contributed by atoms with Crippen LogP contribution in [0, 0.1) is 0 Å². The van der Waals surface area contributed by atoms with E-state index < -0.39 is 0 Å². The molecule has 2 aliphatic heterocycles. The summed E-state index contributed by atoms with van der Waals surface area (Å²) in [5, 5.41) is 0. The Morgan fingerprint density at radius 2 is 1.56 bits per heavy atom. The predicted octanol–water partition coefficient (Wildman–Crippen LogP) is 1.76. The Balaban J connectivity index is 1.42. The van der Waals surface area contributed by atoms with E-state index in [0.29, 0.717) is 0 Å². The molecule has 4 rings (SSSR count). The maximum Gasteiger partial charge on any atom is 0.227 e. The van der Waals surface area contributed by atoms with Crippen LogP contribution in [0.25, 0.3) is 0 Å². The zero-order valence-electron chi connectivity index (χ0n) is 14.8. The van der Waals surface area contributed by atoms with E-state index in [9.17, 15) is 0 Å². The SMILES string of the molecule is CCc1cc(N2CCN(c3nccc(N4CCCC4)n3)CC2)ncn1. The monoisotopic (exact) mass is 339 g/mol. The summed E-state index contributed by atoms with van der Waals surface area (Å²) in [5.74, 6) is 2.94. The van der Waals surface area contributed by atoms with Crippen LogP contribution in [-0.4, -0.2) is 59.2 Å². The lowest BCUT2D eigenvalue weighted by Gasteiger charge is -2.35. The van der Waals surface area contributed by atoms with E-state index in [1.165, 1.54) is 12.8 Å². The van der Waals surface area contributed by atoms with Gasteiger partial charge in [-0.25, -0.2) is 15.0 Å². The highest BCUT2D eigenvalue weighted by molar-refractivity contribution is 5.46. The normalized spacial score (nSPS) is 18.0. The number of piperazine rings is 1. The molecule has 7 nitrogen and oxygen atoms in total. The van der Waals surface area contributed by atoms with Crippen molar-refractivity contribution in [2.75, 3.05) is 54.0 Å². The molecule has 25 heavy (non-hydrogen) atoms. The van der Waals surface area contributed by atoms with E-state index in [4.69, 9.17) is 4.98 Å². The molecule has 0 unspecified atom stereocenters. The Bertz CT molecular complexity index is 706. The summed E-state index contributed by atoms with van der Waals surface area (Å²) in [4.78, 5) is 25.0. The summed E-state index contributed by atoms with van der Waals surface area (Å²) in [6, 6.07) is 4.12. The lowest BCUT2D eigenvalue weighted by molar-refractivity contribution is 0.633. The van der Waals surface area contributed by atoms with Crippen molar-refractivity contribution < 1.29 is 0 Å². The average Bonchev–Trinajstić information content (AvgIpc) is 3.23. The van der Waals surface area contributed by atoms with Gasteiger partial charge in [-0.05, 0) is 25.3 Å². The molecule has 0 aliphatic carbocycles. The first-order valence-electron chi connectivity index (χ1n) is 9.22. The third kappa shape index (κ3) is 3.50. The van der Waals surface area contributed by atoms with Crippen LogP contribution in [0.5, 0.6) is 0 Å². The second kappa shape index (κ2) is 7.21. The molecule has 0 radical (unpaired) electrons. The first-order valence-corrected chi connectivity index (χ1v) is 9.22. The van der Waals surface area contributed by atoms with Gasteiger partial charge in [0.25, 0.3) is 0 Å². The molecule has 7 heteroatoms. The molecule has 4 heterocycles. The summed E-state index contributed by atoms with van der Waals surface area (Å²) < 4.78 is 0. The second-order valence-electron chi connectivity index (χ2n) is 6.60. The van der Waals surface area contributed by atoms with Crippen LogP contribution in [0.2, 0.25) is 0 Å². The molecule has 132 valence electrons. The summed E-state index contributed by atoms with van der Waals surface area (Å²) in [6.45, 7) is 8.02. The molecule has 2 aromatic heterocycles. The van der Waals surface area contributed by atoms with Crippen molar-refractivity contribution in [2.45, 2.75) is 26.2 Å². The van der Waals surface area contributed by atoms with E-state index >= 15 is 0 Å². The Morgan fingerprint density at radius 3 is 2.32 bits per heavy atom. The molecule has 2 fully saturated rings. The van der Waals surface area contributed by atoms with Crippen molar-refractivity contribution in [2.24, 2.45) is 0 Å². The fraction of sp³-hybridized carbons (Fsp3) is 0.556. The first kappa shape index (κ1) is 16.1. The third-order valence-electron chi connectivity index (χ3n) is 5.02. The maximum atomic E-state index is 4.80. The topological polar surface area (TPSA) is 61.3 Å². The highest BCUT2D eigenvalue weighted by Crippen LogP contribution is 2.21. The largest absolute Gasteiger partial charge is 0.356 e. The summed E-state index contributed by atoms with van der Waals surface area (Å²) in [7, 11) is 0. The summed E-state index contributed by atoms with van der Waals surface area (Å²) in [5.41, 5.74) is 1.09. The first-order chi connectivity index (χ1) is 12.3. The van der Waals surface area contributed by atoms with E-state index in [0.717, 1.165) is 69.0 Å². The number of aryl methyl sites for hydroxylation is 1. The van der Waals surface area contributed by atoms with Gasteiger partial charge >= 0.3 is 0 Å². The molecule has 2 saturated heterocycles. The molecule has 0 N–H and O–H groups in total. The Hall–Kier alpha value is -2.44. The van der Waals surface area contributed by atoms with Crippen molar-refractivity contribution in [3.05, 3.63) is 30.4 Å². The highest BCUT2D eigenvalue weighted by atomic mass is 15.3. The van der Waals surface area contributed by atoms with Crippen LogP contribution in [0.1, 0.15) is 25.5 Å². The van der Waals surface area contributed by atoms with Gasteiger partial charge < -0.3 is 14.7 Å². The van der Waals surface area contributed by atoms with E-state index in [1.54, 1.807) is 6.33 Å². The number of aromatic nitrogens is 4. The van der Waals surface area contributed by atoms with Gasteiger partial charge in [-0.2, -0.15) is 4.98 Å². The van der Waals surface area contributed by atoms with Crippen LogP contribution in [-0.2, 0) is 6.42 Å². The minimum Gasteiger partial charge on any atom is -0.356 e. The number of anilines is 3. The minimum absolute atomic E-state index is 0.848. The number of hydrogen-bond acceptors (Lipinski definition) is 7. The van der Waals surface area contributed by atoms with Crippen molar-refractivity contribution >= 4 is 17.6 Å². The third-order valence-corrected chi connectivity index (χ3v) is 5.02. The molecular weight excluding hydrogens is 314 g/mol. The van der Waals surface area contributed by atoms with Crippen molar-refractivity contribution in [1.29, 1.82) is 0 Å². The van der Waals surface area contributed by atoms with E-state index in [1.807, 2.05) is 12.3 Å². The van der Waals surface area contributed by atoms with Crippen LogP contribution < -0.4 is 14.7 Å². The Morgan fingerprint density at radius 1 is 0.840 bits per heavy atom. The van der Waals surface area contributed by atoms with Gasteiger partial charge in [-0.3, -0.25) is 0 Å². The van der Waals surface area contributed by atoms with Crippen LogP contribution >= 0.6 is 0 Å². The zero-order chi connectivity index (χ0) is 17.1. The average molecular weight is 339 g/mol. The molecule has 0 atom stereocenters. The van der Waals surface area contributed by atoms with Gasteiger partial charge in [0.1, 0.15) is 18.0 Å². The van der Waals surface area contributed by atoms with E-state index in [-0.39, 0.29) is 0 Å². The number of nitrogens with zero attached hydrogens (tertiary/aromatic N) is 7. The van der Waals surface area contributed by atoms with Gasteiger partial charge in [0, 0.05) is 57.2 Å². The molecule has 0 aromatic carbocycles. The molecule has 2 aromatic rings. The minimum atomic E-state index is 0.848. The fourth-order valence-electron chi connectivity index (χ4n) is 3.50. The molecule has 0 amide bonds. The van der Waals surface area contributed by atoms with Gasteiger partial charge in [0.05, 0.1) is 0 Å². The van der Waals surface area contributed by atoms with Gasteiger partial charge in [-0.1, -0.05) is 6.92 Å². The molecule has 0 bridgehead atoms. The molecule has 0 spiro atoms. The molecular formula is C18H25N7. The number of rotatable bonds is 4. The van der Waals surface area contributed by atoms with Gasteiger partial charge in [0.15, 0.2) is 0 Å². The summed E-state index contributed by atoms with van der Waals surface area (Å²) in [6.07, 6.45) is 7.02. The lowest BCUT2D eigenvalue weighted by atomic mass is 10.3. The van der Waals surface area contributed by atoms with Crippen LogP contribution in [0.3, 0.4) is 0 Å². The Kier molecular flexibility index (Phi) is 4.63. The second-order valence-corrected chi connectivity index (χ2v) is 6.60. The van der Waals surface area contributed by atoms with Crippen LogP contribution in [0.15, 0.2) is 24.7 Å². The van der Waals surface area contributed by atoms with Gasteiger partial charge in [0.2, 0.25) is 5.95 Å². The van der Waals surface area contributed by atoms with Crippen LogP contribution in [0.4, 0.5) is 17.6 Å². The van der Waals surface area contributed by atoms with E-state index in [2.05, 4.69) is 42.6 Å². The summed E-state index contributed by atoms with van der Waals surface area (Å²) >= 11 is 0. The van der Waals surface area contributed by atoms with Crippen molar-refractivity contribution in [3.8, 4) is 0 Å². The lowest BCUT2D eigenvalue weighted by Crippen LogP contribution is -2.47. The van der Waals surface area contributed by atoms with Crippen molar-refractivity contribution in [1.82, 2.24) is 19.9 Å². The fourth-order valence-corrected chi connectivity index (χ4v) is 3.50. The Labute approximate surface area is 148 Å². The predicted molar refractivity (Wildman–Crippen MR) is 99.3 cm³/mol. The van der Waals surface area contributed by atoms with Crippen molar-refractivity contribution in [3.63, 3.8) is 0 Å². The maximum absolute atomic E-state index is 4.80. The number of hydrogen-bond donors (Lipinski definition) is 0.